The number of hydrogen-bond donors (Lipinski definition) is 14. The molecule has 14 N–H and O–H groups in total. The van der Waals surface area contributed by atoms with Gasteiger partial charge in [0, 0.05) is 49.4 Å². The van der Waals surface area contributed by atoms with Gasteiger partial charge in [-0.25, -0.2) is 0 Å². The molecule has 0 fully saturated rings. The van der Waals surface area contributed by atoms with Gasteiger partial charge in [-0.2, -0.15) is 0 Å². The molecule has 0 aliphatic carbocycles. The van der Waals surface area contributed by atoms with E-state index in [0.717, 1.165) is 9.80 Å². The van der Waals surface area contributed by atoms with Gasteiger partial charge in [0.25, 0.3) is 17.7 Å². The number of carbonyl (C=O) groups excluding carboxylic acids is 5. The summed E-state index contributed by atoms with van der Waals surface area (Å²) in [4.78, 5) is 68.9. The monoisotopic (exact) mass is 894 g/mol. The van der Waals surface area contributed by atoms with Gasteiger partial charge in [0.2, 0.25) is 12.8 Å². The molecule has 21 heteroatoms. The van der Waals surface area contributed by atoms with Crippen molar-refractivity contribution in [2.75, 3.05) is 75.5 Å². The first-order valence-corrected chi connectivity index (χ1v) is 20.7. The van der Waals surface area contributed by atoms with Crippen LogP contribution in [0.4, 0.5) is 11.4 Å². The fourth-order valence-corrected chi connectivity index (χ4v) is 7.54. The average Bonchev–Trinajstić information content (AvgIpc) is 3.27. The van der Waals surface area contributed by atoms with Gasteiger partial charge in [-0.05, 0) is 79.5 Å². The second-order valence-corrected chi connectivity index (χ2v) is 15.2. The summed E-state index contributed by atoms with van der Waals surface area (Å²) < 4.78 is 0. The molecule has 6 unspecified atom stereocenters. The first-order valence-electron chi connectivity index (χ1n) is 20.7. The van der Waals surface area contributed by atoms with E-state index in [0.29, 0.717) is 41.5 Å². The van der Waals surface area contributed by atoms with E-state index >= 15 is 0 Å². The number of benzene rings is 2. The fourth-order valence-electron chi connectivity index (χ4n) is 7.54. The quantitative estimate of drug-likeness (QED) is 0.0363. The van der Waals surface area contributed by atoms with E-state index in [1.807, 2.05) is 0 Å². The van der Waals surface area contributed by atoms with Crippen LogP contribution < -0.4 is 31.1 Å². The van der Waals surface area contributed by atoms with Gasteiger partial charge >= 0.3 is 0 Å². The van der Waals surface area contributed by atoms with Crippen molar-refractivity contribution >= 4 is 41.9 Å². The van der Waals surface area contributed by atoms with Crippen LogP contribution >= 0.6 is 0 Å². The van der Waals surface area contributed by atoms with E-state index < -0.39 is 93.9 Å². The molecule has 2 rings (SSSR count). The molecule has 0 bridgehead atoms. The lowest BCUT2D eigenvalue weighted by atomic mass is 9.86. The lowest BCUT2D eigenvalue weighted by molar-refractivity contribution is -0.109. The number of carbonyl (C=O) groups is 5. The highest BCUT2D eigenvalue weighted by atomic mass is 16.3. The van der Waals surface area contributed by atoms with Crippen LogP contribution in [0.1, 0.15) is 83.9 Å². The lowest BCUT2D eigenvalue weighted by Crippen LogP contribution is -2.45. The summed E-state index contributed by atoms with van der Waals surface area (Å²) in [5.74, 6) is -2.20. The standard InChI is InChI=1S/C42H66N6O15/c1-7-30-32(13-43-9-26(55)16-49)22(3)39(31(8-2)37(30)42(63)46-12-29(58)19-52)48(21-54)15-34(60)33(59)14-47(20-53)38-24(5)35(40(61)44-10-27(56)17-50)23(4)36(25(38)6)41(62)45-11-28(57)18-51/h20-21,26-29,33-34,43,49-52,55-60H,7-19H2,1-6H3,(H,44,61)(H,45,62)(H,46,63). The van der Waals surface area contributed by atoms with Gasteiger partial charge in [0.05, 0.1) is 87.5 Å². The zero-order chi connectivity index (χ0) is 47.7. The van der Waals surface area contributed by atoms with Gasteiger partial charge in [-0.15, -0.1) is 0 Å². The number of amides is 5. The van der Waals surface area contributed by atoms with Crippen molar-refractivity contribution in [3.05, 3.63) is 55.6 Å². The predicted octanol–water partition coefficient (Wildman–Crippen LogP) is -3.92. The zero-order valence-corrected chi connectivity index (χ0v) is 36.7. The molecule has 0 saturated heterocycles. The minimum absolute atomic E-state index is 0.0143. The van der Waals surface area contributed by atoms with Crippen molar-refractivity contribution in [3.63, 3.8) is 0 Å². The van der Waals surface area contributed by atoms with Crippen molar-refractivity contribution in [1.82, 2.24) is 21.3 Å². The molecule has 354 valence electrons. The molecule has 21 nitrogen and oxygen atoms in total. The highest BCUT2D eigenvalue weighted by Gasteiger charge is 2.32. The third-order valence-corrected chi connectivity index (χ3v) is 10.7. The Kier molecular flexibility index (Phi) is 22.7. The maximum Gasteiger partial charge on any atom is 0.252 e. The molecule has 6 atom stereocenters. The van der Waals surface area contributed by atoms with Crippen molar-refractivity contribution in [2.24, 2.45) is 0 Å². The van der Waals surface area contributed by atoms with Gasteiger partial charge in [0.15, 0.2) is 0 Å². The number of rotatable bonds is 28. The summed E-state index contributed by atoms with van der Waals surface area (Å²) in [6.07, 6.45) is -7.36. The number of nitrogens with zero attached hydrogens (tertiary/aromatic N) is 2. The SMILES string of the molecule is CCc1c(CNCC(O)CO)c(C)c(N(C=O)CC(O)C(O)CN(C=O)c2c(C)c(C(=O)NCC(O)CO)c(C)c(C(=O)NCC(O)CO)c2C)c(CC)c1C(=O)NCC(O)CO. The molecular formula is C42H66N6O15. The minimum atomic E-state index is -1.80. The van der Waals surface area contributed by atoms with Gasteiger partial charge < -0.3 is 82.1 Å². The molecule has 0 aliphatic heterocycles. The Morgan fingerprint density at radius 3 is 1.24 bits per heavy atom. The van der Waals surface area contributed by atoms with Gasteiger partial charge in [-0.3, -0.25) is 24.0 Å². The van der Waals surface area contributed by atoms with E-state index in [1.54, 1.807) is 20.8 Å². The summed E-state index contributed by atoms with van der Waals surface area (Å²) in [5.41, 5.74) is 2.63. The summed E-state index contributed by atoms with van der Waals surface area (Å²) in [6.45, 7) is 4.95. The van der Waals surface area contributed by atoms with Crippen molar-refractivity contribution in [3.8, 4) is 0 Å². The number of nitrogens with one attached hydrogen (secondary N) is 4. The second-order valence-electron chi connectivity index (χ2n) is 15.2. The third kappa shape index (κ3) is 13.9. The summed E-state index contributed by atoms with van der Waals surface area (Å²) in [6, 6.07) is 0. The fraction of sp³-hybridized carbons (Fsp3) is 0.595. The number of hydrogen-bond acceptors (Lipinski definition) is 16. The van der Waals surface area contributed by atoms with Gasteiger partial charge in [0.1, 0.15) is 0 Å². The normalized spacial score (nSPS) is 14.2. The molecule has 0 aromatic heterocycles. The van der Waals surface area contributed by atoms with Crippen LogP contribution in [0.3, 0.4) is 0 Å². The Hall–Kier alpha value is -4.65. The van der Waals surface area contributed by atoms with Crippen LogP contribution in [-0.4, -0.2) is 184 Å². The van der Waals surface area contributed by atoms with E-state index in [9.17, 15) is 75.0 Å². The Balaban J connectivity index is 2.73. The molecule has 2 aromatic rings. The number of aliphatic hydroxyl groups excluding tert-OH is 10. The Bertz CT molecular complexity index is 1830. The smallest absolute Gasteiger partial charge is 0.252 e. The third-order valence-electron chi connectivity index (χ3n) is 10.7. The molecule has 2 aromatic carbocycles. The molecule has 0 heterocycles. The Labute approximate surface area is 366 Å². The first kappa shape index (κ1) is 54.5. The second kappa shape index (κ2) is 26.2. The maximum absolute atomic E-state index is 13.8. The maximum atomic E-state index is 13.8. The largest absolute Gasteiger partial charge is 0.394 e. The molecule has 63 heavy (non-hydrogen) atoms. The Morgan fingerprint density at radius 2 is 0.873 bits per heavy atom. The van der Waals surface area contributed by atoms with E-state index in [-0.39, 0.29) is 83.9 Å². The van der Waals surface area contributed by atoms with E-state index in [1.165, 1.54) is 20.8 Å². The van der Waals surface area contributed by atoms with Crippen LogP contribution in [0.2, 0.25) is 0 Å². The van der Waals surface area contributed by atoms with Crippen LogP contribution in [0.15, 0.2) is 0 Å². The number of aliphatic hydroxyl groups is 10. The minimum Gasteiger partial charge on any atom is -0.394 e. The summed E-state index contributed by atoms with van der Waals surface area (Å²) in [5, 5.41) is 111. The molecule has 0 spiro atoms. The highest BCUT2D eigenvalue weighted by Crippen LogP contribution is 2.37. The molecule has 5 amide bonds. The van der Waals surface area contributed by atoms with Crippen LogP contribution in [-0.2, 0) is 29.0 Å². The van der Waals surface area contributed by atoms with E-state index in [2.05, 4.69) is 21.3 Å². The molecule has 0 saturated carbocycles. The zero-order valence-electron chi connectivity index (χ0n) is 36.7. The van der Waals surface area contributed by atoms with Crippen molar-refractivity contribution in [1.29, 1.82) is 0 Å². The summed E-state index contributed by atoms with van der Waals surface area (Å²) in [7, 11) is 0. The first-order chi connectivity index (χ1) is 29.8. The highest BCUT2D eigenvalue weighted by molar-refractivity contribution is 6.07. The topological polar surface area (TPSA) is 342 Å². The van der Waals surface area contributed by atoms with Crippen molar-refractivity contribution in [2.45, 2.75) is 97.6 Å². The average molecular weight is 895 g/mol. The van der Waals surface area contributed by atoms with E-state index in [4.69, 9.17) is 0 Å². The van der Waals surface area contributed by atoms with Gasteiger partial charge in [-0.1, -0.05) is 13.8 Å². The number of anilines is 2. The van der Waals surface area contributed by atoms with Crippen LogP contribution in [0.25, 0.3) is 0 Å². The van der Waals surface area contributed by atoms with Crippen LogP contribution in [0.5, 0.6) is 0 Å². The summed E-state index contributed by atoms with van der Waals surface area (Å²) >= 11 is 0. The van der Waals surface area contributed by atoms with Crippen molar-refractivity contribution < 1.29 is 75.0 Å². The Morgan fingerprint density at radius 1 is 0.508 bits per heavy atom. The predicted molar refractivity (Wildman–Crippen MR) is 230 cm³/mol. The molecular weight excluding hydrogens is 828 g/mol. The molecule has 0 radical (unpaired) electrons. The van der Waals surface area contributed by atoms with Crippen LogP contribution in [0, 0.1) is 27.7 Å². The lowest BCUT2D eigenvalue weighted by Gasteiger charge is -2.33. The molecule has 0 aliphatic rings.